The van der Waals surface area contributed by atoms with Gasteiger partial charge in [0.2, 0.25) is 0 Å². The topological polar surface area (TPSA) is 63.6 Å². The van der Waals surface area contributed by atoms with E-state index in [1.54, 1.807) is 49.4 Å². The zero-order chi connectivity index (χ0) is 15.2. The third kappa shape index (κ3) is 3.64. The van der Waals surface area contributed by atoms with Crippen molar-refractivity contribution in [2.45, 2.75) is 16.7 Å². The highest BCUT2D eigenvalue weighted by molar-refractivity contribution is 7.99. The first-order chi connectivity index (χ1) is 10.1. The van der Waals surface area contributed by atoms with Crippen LogP contribution in [-0.2, 0) is 4.74 Å². The Balaban J connectivity index is 2.37. The second kappa shape index (κ2) is 6.95. The van der Waals surface area contributed by atoms with Crippen LogP contribution in [0.15, 0.2) is 58.3 Å². The number of hydrogen-bond acceptors (Lipinski definition) is 4. The molecule has 2 aromatic rings. The molecular weight excluding hydrogens is 288 g/mol. The van der Waals surface area contributed by atoms with Crippen LogP contribution in [0.4, 0.5) is 0 Å². The third-order valence-corrected chi connectivity index (χ3v) is 3.87. The smallest absolute Gasteiger partial charge is 0.339 e. The molecule has 0 aliphatic rings. The fraction of sp³-hybridized carbons (Fsp3) is 0.125. The molecule has 0 aliphatic carbocycles. The predicted molar refractivity (Wildman–Crippen MR) is 79.9 cm³/mol. The van der Waals surface area contributed by atoms with Crippen molar-refractivity contribution in [3.05, 3.63) is 59.7 Å². The van der Waals surface area contributed by atoms with E-state index in [0.29, 0.717) is 22.0 Å². The van der Waals surface area contributed by atoms with Crippen molar-refractivity contribution in [2.24, 2.45) is 0 Å². The largest absolute Gasteiger partial charge is 0.478 e. The maximum Gasteiger partial charge on any atom is 0.339 e. The number of carbonyl (C=O) groups is 2. The van der Waals surface area contributed by atoms with Crippen molar-refractivity contribution in [1.29, 1.82) is 0 Å². The number of benzene rings is 2. The maximum absolute atomic E-state index is 11.9. The fourth-order valence-electron chi connectivity index (χ4n) is 1.78. The van der Waals surface area contributed by atoms with E-state index < -0.39 is 11.9 Å². The molecule has 5 heteroatoms. The molecule has 21 heavy (non-hydrogen) atoms. The molecule has 2 rings (SSSR count). The van der Waals surface area contributed by atoms with Gasteiger partial charge in [0, 0.05) is 9.79 Å². The minimum Gasteiger partial charge on any atom is -0.478 e. The molecule has 0 amide bonds. The number of esters is 1. The highest BCUT2D eigenvalue weighted by Crippen LogP contribution is 2.33. The highest BCUT2D eigenvalue weighted by atomic mass is 32.2. The Kier molecular flexibility index (Phi) is 5.00. The molecule has 0 radical (unpaired) electrons. The second-order valence-corrected chi connectivity index (χ2v) is 5.20. The number of ether oxygens (including phenoxy) is 1. The van der Waals surface area contributed by atoms with E-state index >= 15 is 0 Å². The first-order valence-corrected chi connectivity index (χ1v) is 7.21. The summed E-state index contributed by atoms with van der Waals surface area (Å²) in [5, 5.41) is 9.20. The van der Waals surface area contributed by atoms with Gasteiger partial charge in [0.05, 0.1) is 17.7 Å². The number of aromatic carboxylic acids is 1. The summed E-state index contributed by atoms with van der Waals surface area (Å²) in [5.74, 6) is -1.40. The van der Waals surface area contributed by atoms with E-state index in [1.165, 1.54) is 17.8 Å². The monoisotopic (exact) mass is 302 g/mol. The lowest BCUT2D eigenvalue weighted by molar-refractivity contribution is 0.0522. The summed E-state index contributed by atoms with van der Waals surface area (Å²) in [6, 6.07) is 13.7. The fourth-order valence-corrected chi connectivity index (χ4v) is 2.84. The molecule has 1 N–H and O–H groups in total. The molecule has 0 heterocycles. The summed E-state index contributed by atoms with van der Waals surface area (Å²) in [4.78, 5) is 24.4. The molecule has 0 spiro atoms. The van der Waals surface area contributed by atoms with Gasteiger partial charge in [-0.25, -0.2) is 9.59 Å². The van der Waals surface area contributed by atoms with Crippen molar-refractivity contribution in [2.75, 3.05) is 6.61 Å². The van der Waals surface area contributed by atoms with Gasteiger partial charge in [-0.2, -0.15) is 0 Å². The van der Waals surface area contributed by atoms with E-state index in [0.717, 1.165) is 0 Å². The van der Waals surface area contributed by atoms with Gasteiger partial charge in [-0.3, -0.25) is 0 Å². The number of hydrogen-bond donors (Lipinski definition) is 1. The molecule has 0 saturated heterocycles. The number of carbonyl (C=O) groups excluding carboxylic acids is 1. The van der Waals surface area contributed by atoms with Gasteiger partial charge in [0.15, 0.2) is 0 Å². The maximum atomic E-state index is 11.9. The Morgan fingerprint density at radius 2 is 1.52 bits per heavy atom. The van der Waals surface area contributed by atoms with Crippen LogP contribution in [0, 0.1) is 0 Å². The Bertz CT molecular complexity index is 667. The summed E-state index contributed by atoms with van der Waals surface area (Å²) >= 11 is 1.24. The summed E-state index contributed by atoms with van der Waals surface area (Å²) < 4.78 is 5.02. The first kappa shape index (κ1) is 15.1. The Hall–Kier alpha value is -2.27. The minimum atomic E-state index is -0.994. The molecular formula is C16H14O4S. The van der Waals surface area contributed by atoms with Crippen LogP contribution in [0.2, 0.25) is 0 Å². The quantitative estimate of drug-likeness (QED) is 0.853. The van der Waals surface area contributed by atoms with E-state index in [9.17, 15) is 14.7 Å². The zero-order valence-corrected chi connectivity index (χ0v) is 12.2. The van der Waals surface area contributed by atoms with Crippen LogP contribution in [0.25, 0.3) is 0 Å². The molecule has 0 unspecified atom stereocenters. The summed E-state index contributed by atoms with van der Waals surface area (Å²) in [6.45, 7) is 2.04. The molecule has 108 valence electrons. The van der Waals surface area contributed by atoms with E-state index in [-0.39, 0.29) is 5.56 Å². The highest BCUT2D eigenvalue weighted by Gasteiger charge is 2.16. The lowest BCUT2D eigenvalue weighted by Gasteiger charge is -2.09. The van der Waals surface area contributed by atoms with E-state index in [1.807, 2.05) is 0 Å². The molecule has 4 nitrogen and oxygen atoms in total. The van der Waals surface area contributed by atoms with Crippen LogP contribution in [0.3, 0.4) is 0 Å². The summed E-state index contributed by atoms with van der Waals surface area (Å²) in [6.07, 6.45) is 0. The summed E-state index contributed by atoms with van der Waals surface area (Å²) in [5.41, 5.74) is 0.644. The van der Waals surface area contributed by atoms with E-state index in [2.05, 4.69) is 0 Å². The Labute approximate surface area is 126 Å². The van der Waals surface area contributed by atoms with E-state index in [4.69, 9.17) is 4.74 Å². The summed E-state index contributed by atoms with van der Waals surface area (Å²) in [7, 11) is 0. The van der Waals surface area contributed by atoms with Crippen molar-refractivity contribution >= 4 is 23.7 Å². The molecule has 0 bridgehead atoms. The van der Waals surface area contributed by atoms with Gasteiger partial charge in [-0.05, 0) is 31.2 Å². The normalized spacial score (nSPS) is 10.1. The molecule has 2 aromatic carbocycles. The SMILES string of the molecule is CCOC(=O)c1ccccc1Sc1ccccc1C(=O)O. The minimum absolute atomic E-state index is 0.209. The predicted octanol–water partition coefficient (Wildman–Crippen LogP) is 3.71. The lowest BCUT2D eigenvalue weighted by Crippen LogP contribution is -2.06. The standard InChI is InChI=1S/C16H14O4S/c1-2-20-16(19)12-8-4-6-10-14(12)21-13-9-5-3-7-11(13)15(17)18/h3-10H,2H2,1H3,(H,17,18). The number of rotatable bonds is 5. The van der Waals surface area contributed by atoms with Crippen molar-refractivity contribution in [3.8, 4) is 0 Å². The van der Waals surface area contributed by atoms with Gasteiger partial charge in [0.25, 0.3) is 0 Å². The van der Waals surface area contributed by atoms with Crippen LogP contribution < -0.4 is 0 Å². The number of carboxylic acids is 1. The van der Waals surface area contributed by atoms with Crippen molar-refractivity contribution < 1.29 is 19.4 Å². The zero-order valence-electron chi connectivity index (χ0n) is 11.4. The van der Waals surface area contributed by atoms with Crippen molar-refractivity contribution in [3.63, 3.8) is 0 Å². The van der Waals surface area contributed by atoms with Crippen LogP contribution >= 0.6 is 11.8 Å². The van der Waals surface area contributed by atoms with Crippen LogP contribution in [-0.4, -0.2) is 23.7 Å². The van der Waals surface area contributed by atoms with Gasteiger partial charge < -0.3 is 9.84 Å². The molecule has 0 aromatic heterocycles. The molecule has 0 aliphatic heterocycles. The first-order valence-electron chi connectivity index (χ1n) is 6.39. The Morgan fingerprint density at radius 3 is 2.10 bits per heavy atom. The Morgan fingerprint density at radius 1 is 1.00 bits per heavy atom. The average molecular weight is 302 g/mol. The third-order valence-electron chi connectivity index (χ3n) is 2.72. The molecule has 0 saturated carbocycles. The average Bonchev–Trinajstić information content (AvgIpc) is 2.48. The van der Waals surface area contributed by atoms with Crippen molar-refractivity contribution in [1.82, 2.24) is 0 Å². The van der Waals surface area contributed by atoms with Gasteiger partial charge >= 0.3 is 11.9 Å². The van der Waals surface area contributed by atoms with Crippen LogP contribution in [0.1, 0.15) is 27.6 Å². The second-order valence-electron chi connectivity index (χ2n) is 4.12. The number of carboxylic acid groups (broad SMARTS) is 1. The van der Waals surface area contributed by atoms with Gasteiger partial charge in [-0.15, -0.1) is 0 Å². The van der Waals surface area contributed by atoms with Crippen LogP contribution in [0.5, 0.6) is 0 Å². The van der Waals surface area contributed by atoms with Gasteiger partial charge in [-0.1, -0.05) is 36.0 Å². The van der Waals surface area contributed by atoms with Gasteiger partial charge in [0.1, 0.15) is 0 Å². The molecule has 0 fully saturated rings. The lowest BCUT2D eigenvalue weighted by atomic mass is 10.2. The molecule has 0 atom stereocenters.